The Bertz CT molecular complexity index is 763. The van der Waals surface area contributed by atoms with Crippen LogP contribution in [0.5, 0.6) is 0 Å². The minimum absolute atomic E-state index is 0.389. The highest BCUT2D eigenvalue weighted by Crippen LogP contribution is 2.31. The van der Waals surface area contributed by atoms with E-state index in [1.807, 2.05) is 12.3 Å². The van der Waals surface area contributed by atoms with Gasteiger partial charge in [0.15, 0.2) is 4.96 Å². The highest BCUT2D eigenvalue weighted by Gasteiger charge is 2.26. The van der Waals surface area contributed by atoms with E-state index in [1.165, 1.54) is 25.0 Å². The van der Waals surface area contributed by atoms with E-state index in [0.29, 0.717) is 6.04 Å². The number of fused-ring (bicyclic) bond motifs is 1. The molecule has 22 heavy (non-hydrogen) atoms. The first kappa shape index (κ1) is 13.8. The standard InChI is InChI=1S/C16H19N5S/c1-12-15(21-8-9-22-16(21)19-12)10-20-7-3-2-4-14(20)13-5-6-17-11-18-13/h5-6,8-9,11,14H,2-4,7,10H2,1H3/t14-/m0/s1. The van der Waals surface area contributed by atoms with Gasteiger partial charge < -0.3 is 0 Å². The Morgan fingerprint density at radius 2 is 2.32 bits per heavy atom. The number of thiazole rings is 1. The van der Waals surface area contributed by atoms with Crippen LogP contribution in [-0.2, 0) is 6.54 Å². The summed E-state index contributed by atoms with van der Waals surface area (Å²) in [4.78, 5) is 16.8. The molecule has 0 spiro atoms. The molecule has 1 aliphatic heterocycles. The Morgan fingerprint density at radius 1 is 1.36 bits per heavy atom. The largest absolute Gasteiger partial charge is 0.293 e. The molecule has 1 atom stereocenters. The van der Waals surface area contributed by atoms with Gasteiger partial charge in [0, 0.05) is 24.3 Å². The first-order chi connectivity index (χ1) is 10.8. The molecule has 4 heterocycles. The molecule has 0 aromatic carbocycles. The number of nitrogens with zero attached hydrogens (tertiary/aromatic N) is 5. The second-order valence-corrected chi connectivity index (χ2v) is 6.69. The zero-order valence-electron chi connectivity index (χ0n) is 12.6. The van der Waals surface area contributed by atoms with E-state index in [-0.39, 0.29) is 0 Å². The van der Waals surface area contributed by atoms with E-state index >= 15 is 0 Å². The van der Waals surface area contributed by atoms with E-state index in [4.69, 9.17) is 0 Å². The molecule has 5 nitrogen and oxygen atoms in total. The number of piperidine rings is 1. The fourth-order valence-electron chi connectivity index (χ4n) is 3.34. The predicted octanol–water partition coefficient (Wildman–Crippen LogP) is 3.22. The first-order valence-electron chi connectivity index (χ1n) is 7.74. The normalized spacial score (nSPS) is 19.8. The molecule has 0 amide bonds. The van der Waals surface area contributed by atoms with Gasteiger partial charge in [-0.05, 0) is 32.4 Å². The van der Waals surface area contributed by atoms with Gasteiger partial charge in [-0.25, -0.2) is 15.0 Å². The smallest absolute Gasteiger partial charge is 0.194 e. The van der Waals surface area contributed by atoms with E-state index in [1.54, 1.807) is 17.7 Å². The van der Waals surface area contributed by atoms with Crippen LogP contribution < -0.4 is 0 Å². The maximum atomic E-state index is 4.67. The van der Waals surface area contributed by atoms with Gasteiger partial charge in [-0.2, -0.15) is 0 Å². The maximum Gasteiger partial charge on any atom is 0.194 e. The first-order valence-corrected chi connectivity index (χ1v) is 8.62. The summed E-state index contributed by atoms with van der Waals surface area (Å²) < 4.78 is 2.23. The summed E-state index contributed by atoms with van der Waals surface area (Å²) in [6, 6.07) is 2.44. The van der Waals surface area contributed by atoms with Crippen molar-refractivity contribution >= 4 is 16.3 Å². The maximum absolute atomic E-state index is 4.67. The SMILES string of the molecule is Cc1nc2sccn2c1CN1CCCC[C@H]1c1ccncn1. The number of imidazole rings is 1. The van der Waals surface area contributed by atoms with Crippen molar-refractivity contribution < 1.29 is 0 Å². The Balaban J connectivity index is 1.65. The van der Waals surface area contributed by atoms with Crippen LogP contribution in [0.25, 0.3) is 4.96 Å². The van der Waals surface area contributed by atoms with Gasteiger partial charge in [0.2, 0.25) is 0 Å². The van der Waals surface area contributed by atoms with Crippen LogP contribution in [0.3, 0.4) is 0 Å². The van der Waals surface area contributed by atoms with Gasteiger partial charge >= 0.3 is 0 Å². The summed E-state index contributed by atoms with van der Waals surface area (Å²) in [6.45, 7) is 4.16. The van der Waals surface area contributed by atoms with E-state index in [2.05, 4.69) is 42.8 Å². The van der Waals surface area contributed by atoms with Crippen LogP contribution in [0.2, 0.25) is 0 Å². The van der Waals surface area contributed by atoms with Crippen molar-refractivity contribution in [2.75, 3.05) is 6.54 Å². The van der Waals surface area contributed by atoms with Gasteiger partial charge in [0.1, 0.15) is 6.33 Å². The fourth-order valence-corrected chi connectivity index (χ4v) is 4.12. The lowest BCUT2D eigenvalue weighted by Crippen LogP contribution is -2.34. The van der Waals surface area contributed by atoms with E-state index in [9.17, 15) is 0 Å². The number of aryl methyl sites for hydroxylation is 1. The summed E-state index contributed by atoms with van der Waals surface area (Å²) in [7, 11) is 0. The molecule has 3 aromatic heterocycles. The topological polar surface area (TPSA) is 46.3 Å². The van der Waals surface area contributed by atoms with Gasteiger partial charge in [-0.15, -0.1) is 11.3 Å². The van der Waals surface area contributed by atoms with Crippen LogP contribution in [0, 0.1) is 6.92 Å². The minimum Gasteiger partial charge on any atom is -0.293 e. The summed E-state index contributed by atoms with van der Waals surface area (Å²) in [5, 5.41) is 2.10. The van der Waals surface area contributed by atoms with Crippen molar-refractivity contribution in [3.05, 3.63) is 47.2 Å². The molecule has 1 aliphatic rings. The zero-order chi connectivity index (χ0) is 14.9. The lowest BCUT2D eigenvalue weighted by molar-refractivity contribution is 0.135. The zero-order valence-corrected chi connectivity index (χ0v) is 13.5. The third kappa shape index (κ3) is 2.42. The molecule has 0 saturated carbocycles. The fraction of sp³-hybridized carbons (Fsp3) is 0.438. The lowest BCUT2D eigenvalue weighted by Gasteiger charge is -2.35. The van der Waals surface area contributed by atoms with Gasteiger partial charge in [0.05, 0.1) is 23.1 Å². The van der Waals surface area contributed by atoms with Gasteiger partial charge in [-0.1, -0.05) is 6.42 Å². The van der Waals surface area contributed by atoms with Crippen molar-refractivity contribution in [3.8, 4) is 0 Å². The second kappa shape index (κ2) is 5.78. The average Bonchev–Trinajstić information content (AvgIpc) is 3.11. The molecule has 1 fully saturated rings. The van der Waals surface area contributed by atoms with Gasteiger partial charge in [0.25, 0.3) is 0 Å². The van der Waals surface area contributed by atoms with E-state index in [0.717, 1.165) is 29.4 Å². The van der Waals surface area contributed by atoms with Crippen molar-refractivity contribution in [2.45, 2.75) is 38.8 Å². The molecule has 0 aliphatic carbocycles. The van der Waals surface area contributed by atoms with Crippen molar-refractivity contribution in [1.29, 1.82) is 0 Å². The molecule has 1 saturated heterocycles. The number of likely N-dealkylation sites (tertiary alicyclic amines) is 1. The Kier molecular flexibility index (Phi) is 3.63. The monoisotopic (exact) mass is 313 g/mol. The number of hydrogen-bond donors (Lipinski definition) is 0. The third-order valence-electron chi connectivity index (χ3n) is 4.47. The average molecular weight is 313 g/mol. The minimum atomic E-state index is 0.389. The van der Waals surface area contributed by atoms with Crippen molar-refractivity contribution in [3.63, 3.8) is 0 Å². The van der Waals surface area contributed by atoms with Crippen LogP contribution in [-0.4, -0.2) is 30.8 Å². The number of aromatic nitrogens is 4. The molecule has 0 radical (unpaired) electrons. The third-order valence-corrected chi connectivity index (χ3v) is 5.23. The summed E-state index contributed by atoms with van der Waals surface area (Å²) in [5.74, 6) is 0. The molecule has 0 bridgehead atoms. The van der Waals surface area contributed by atoms with E-state index < -0.39 is 0 Å². The molecule has 114 valence electrons. The number of hydrogen-bond acceptors (Lipinski definition) is 5. The van der Waals surface area contributed by atoms with Crippen LogP contribution >= 0.6 is 11.3 Å². The molecular weight excluding hydrogens is 294 g/mol. The number of rotatable bonds is 3. The molecule has 3 aromatic rings. The Morgan fingerprint density at radius 3 is 3.18 bits per heavy atom. The van der Waals surface area contributed by atoms with Crippen LogP contribution in [0.4, 0.5) is 0 Å². The summed E-state index contributed by atoms with van der Waals surface area (Å²) >= 11 is 1.69. The molecule has 4 rings (SSSR count). The molecule has 0 N–H and O–H groups in total. The second-order valence-electron chi connectivity index (χ2n) is 5.82. The lowest BCUT2D eigenvalue weighted by atomic mass is 9.99. The predicted molar refractivity (Wildman–Crippen MR) is 86.8 cm³/mol. The Labute approximate surface area is 133 Å². The van der Waals surface area contributed by atoms with Crippen LogP contribution in [0.15, 0.2) is 30.2 Å². The summed E-state index contributed by atoms with van der Waals surface area (Å²) in [5.41, 5.74) is 3.58. The quantitative estimate of drug-likeness (QED) is 0.745. The van der Waals surface area contributed by atoms with Gasteiger partial charge in [-0.3, -0.25) is 9.30 Å². The molecular formula is C16H19N5S. The van der Waals surface area contributed by atoms with Crippen molar-refractivity contribution in [1.82, 2.24) is 24.3 Å². The molecule has 6 heteroatoms. The van der Waals surface area contributed by atoms with Crippen molar-refractivity contribution in [2.24, 2.45) is 0 Å². The Hall–Kier alpha value is -1.79. The highest BCUT2D eigenvalue weighted by molar-refractivity contribution is 7.15. The summed E-state index contributed by atoms with van der Waals surface area (Å²) in [6.07, 6.45) is 9.32. The highest BCUT2D eigenvalue weighted by atomic mass is 32.1. The molecule has 0 unspecified atom stereocenters. The van der Waals surface area contributed by atoms with Crippen LogP contribution in [0.1, 0.15) is 42.4 Å².